The molecule has 128 valence electrons. The molecule has 0 fully saturated rings. The van der Waals surface area contributed by atoms with E-state index in [4.69, 9.17) is 15.9 Å². The number of nitrogens with zero attached hydrogens (tertiary/aromatic N) is 1. The first-order valence-electron chi connectivity index (χ1n) is 7.34. The van der Waals surface area contributed by atoms with Crippen LogP contribution in [0.1, 0.15) is 22.4 Å². The number of rotatable bonds is 4. The van der Waals surface area contributed by atoms with Crippen molar-refractivity contribution in [1.29, 1.82) is 0 Å². The second kappa shape index (κ2) is 8.69. The fourth-order valence-electron chi connectivity index (χ4n) is 2.50. The van der Waals surface area contributed by atoms with Gasteiger partial charge >= 0.3 is 11.9 Å². The molecule has 0 bridgehead atoms. The van der Waals surface area contributed by atoms with E-state index in [1.54, 1.807) is 0 Å². The molecule has 0 amide bonds. The molecule has 0 radical (unpaired) electrons. The Morgan fingerprint density at radius 2 is 1.58 bits per heavy atom. The summed E-state index contributed by atoms with van der Waals surface area (Å²) >= 11 is 0. The number of aryl methyl sites for hydroxylation is 3. The molecule has 0 aliphatic rings. The second-order valence-corrected chi connectivity index (χ2v) is 5.33. The summed E-state index contributed by atoms with van der Waals surface area (Å²) in [5.41, 5.74) is 12.0. The highest BCUT2D eigenvalue weighted by atomic mass is 16.4. The molecule has 6 nitrogen and oxygen atoms in total. The van der Waals surface area contributed by atoms with Crippen molar-refractivity contribution in [2.24, 2.45) is 5.73 Å². The Morgan fingerprint density at radius 1 is 1.08 bits per heavy atom. The molecular weight excluding hydrogens is 308 g/mol. The second-order valence-electron chi connectivity index (χ2n) is 5.33. The van der Waals surface area contributed by atoms with E-state index in [0.717, 1.165) is 5.69 Å². The Balaban J connectivity index is 0.000000307. The van der Waals surface area contributed by atoms with Gasteiger partial charge < -0.3 is 20.5 Å². The summed E-state index contributed by atoms with van der Waals surface area (Å²) in [7, 11) is 0. The summed E-state index contributed by atoms with van der Waals surface area (Å²) < 4.78 is 2.18. The molecule has 1 aromatic heterocycles. The smallest absolute Gasteiger partial charge is 0.328 e. The number of carboxylic acids is 2. The van der Waals surface area contributed by atoms with Crippen molar-refractivity contribution in [3.63, 3.8) is 0 Å². The average molecular weight is 330 g/mol. The third-order valence-electron chi connectivity index (χ3n) is 3.29. The minimum Gasteiger partial charge on any atom is -0.478 e. The van der Waals surface area contributed by atoms with Crippen LogP contribution in [-0.4, -0.2) is 26.7 Å². The summed E-state index contributed by atoms with van der Waals surface area (Å²) in [4.78, 5) is 19.1. The van der Waals surface area contributed by atoms with Crippen LogP contribution in [0, 0.1) is 20.8 Å². The van der Waals surface area contributed by atoms with Gasteiger partial charge in [-0.2, -0.15) is 0 Å². The van der Waals surface area contributed by atoms with Crippen molar-refractivity contribution in [3.8, 4) is 5.69 Å². The normalized spacial score (nSPS) is 10.3. The fraction of sp³-hybridized carbons (Fsp3) is 0.222. The number of carbonyl (C=O) groups is 2. The van der Waals surface area contributed by atoms with E-state index >= 15 is 0 Å². The lowest BCUT2D eigenvalue weighted by Crippen LogP contribution is -2.07. The van der Waals surface area contributed by atoms with Gasteiger partial charge in [-0.1, -0.05) is 17.7 Å². The van der Waals surface area contributed by atoms with E-state index in [0.29, 0.717) is 18.7 Å². The fourth-order valence-corrected chi connectivity index (χ4v) is 2.50. The molecule has 2 rings (SSSR count). The zero-order valence-corrected chi connectivity index (χ0v) is 14.0. The number of nitrogens with two attached hydrogens (primary N) is 1. The maximum absolute atomic E-state index is 9.55. The van der Waals surface area contributed by atoms with Gasteiger partial charge in [0.1, 0.15) is 0 Å². The predicted octanol–water partition coefficient (Wildman–Crippen LogP) is 2.57. The zero-order valence-electron chi connectivity index (χ0n) is 14.0. The maximum Gasteiger partial charge on any atom is 0.328 e. The molecule has 0 saturated carbocycles. The van der Waals surface area contributed by atoms with Crippen LogP contribution in [0.4, 0.5) is 0 Å². The molecule has 0 atom stereocenters. The third kappa shape index (κ3) is 5.40. The summed E-state index contributed by atoms with van der Waals surface area (Å²) in [5, 5.41) is 15.6. The number of hydrogen-bond acceptors (Lipinski definition) is 3. The van der Waals surface area contributed by atoms with E-state index < -0.39 is 11.9 Å². The number of aliphatic carboxylic acids is 2. The van der Waals surface area contributed by atoms with E-state index in [9.17, 15) is 9.59 Å². The van der Waals surface area contributed by atoms with Crippen LogP contribution in [-0.2, 0) is 16.1 Å². The highest BCUT2D eigenvalue weighted by Gasteiger charge is 2.08. The third-order valence-corrected chi connectivity index (χ3v) is 3.29. The summed E-state index contributed by atoms with van der Waals surface area (Å²) in [6, 6.07) is 8.53. The summed E-state index contributed by atoms with van der Waals surface area (Å²) in [6.45, 7) is 6.99. The maximum atomic E-state index is 9.55. The van der Waals surface area contributed by atoms with Gasteiger partial charge in [-0.15, -0.1) is 0 Å². The molecule has 0 spiro atoms. The van der Waals surface area contributed by atoms with E-state index in [1.165, 1.54) is 22.4 Å². The highest BCUT2D eigenvalue weighted by molar-refractivity contribution is 5.89. The van der Waals surface area contributed by atoms with Crippen molar-refractivity contribution in [3.05, 3.63) is 65.0 Å². The minimum absolute atomic E-state index is 0.558. The first-order valence-corrected chi connectivity index (χ1v) is 7.34. The van der Waals surface area contributed by atoms with Gasteiger partial charge in [0.15, 0.2) is 0 Å². The monoisotopic (exact) mass is 330 g/mol. The van der Waals surface area contributed by atoms with Crippen molar-refractivity contribution in [1.82, 2.24) is 4.57 Å². The van der Waals surface area contributed by atoms with Gasteiger partial charge in [0.25, 0.3) is 0 Å². The van der Waals surface area contributed by atoms with E-state index in [-0.39, 0.29) is 0 Å². The molecule has 0 aliphatic carbocycles. The Morgan fingerprint density at radius 3 is 2.00 bits per heavy atom. The Kier molecular flexibility index (Phi) is 6.95. The van der Waals surface area contributed by atoms with Crippen LogP contribution in [0.15, 0.2) is 42.6 Å². The van der Waals surface area contributed by atoms with Crippen LogP contribution >= 0.6 is 0 Å². The van der Waals surface area contributed by atoms with Crippen LogP contribution in [0.25, 0.3) is 5.69 Å². The Bertz CT molecular complexity index is 721. The SMILES string of the molecule is Cc1cc(C)c(-n2cccc2CN)c(C)c1.O=C(O)/C=C\C(=O)O. The zero-order chi connectivity index (χ0) is 18.3. The van der Waals surface area contributed by atoms with Crippen molar-refractivity contribution < 1.29 is 19.8 Å². The predicted molar refractivity (Wildman–Crippen MR) is 92.3 cm³/mol. The largest absolute Gasteiger partial charge is 0.478 e. The van der Waals surface area contributed by atoms with Gasteiger partial charge in [0, 0.05) is 30.6 Å². The van der Waals surface area contributed by atoms with Gasteiger partial charge in [0.05, 0.1) is 5.69 Å². The topological polar surface area (TPSA) is 106 Å². The van der Waals surface area contributed by atoms with Crippen molar-refractivity contribution in [2.75, 3.05) is 0 Å². The van der Waals surface area contributed by atoms with Crippen molar-refractivity contribution >= 4 is 11.9 Å². The lowest BCUT2D eigenvalue weighted by atomic mass is 10.0. The highest BCUT2D eigenvalue weighted by Crippen LogP contribution is 2.22. The van der Waals surface area contributed by atoms with Crippen LogP contribution in [0.2, 0.25) is 0 Å². The summed E-state index contributed by atoms with van der Waals surface area (Å²) in [5.74, 6) is -2.51. The van der Waals surface area contributed by atoms with Gasteiger partial charge in [-0.05, 0) is 44.0 Å². The average Bonchev–Trinajstić information content (AvgIpc) is 2.93. The Hall–Kier alpha value is -2.86. The van der Waals surface area contributed by atoms with Crippen LogP contribution in [0.3, 0.4) is 0 Å². The molecule has 4 N–H and O–H groups in total. The first kappa shape index (κ1) is 19.2. The Labute approximate surface area is 140 Å². The molecule has 6 heteroatoms. The molecule has 0 aliphatic heterocycles. The standard InChI is InChI=1S/C14H18N2.C4H4O4/c1-10-7-11(2)14(12(3)8-10)16-6-4-5-13(16)9-15;5-3(6)1-2-4(7)8/h4-8H,9,15H2,1-3H3;1-2H,(H,5,6)(H,7,8)/b;2-1-. The van der Waals surface area contributed by atoms with Gasteiger partial charge in [-0.3, -0.25) is 0 Å². The van der Waals surface area contributed by atoms with Gasteiger partial charge in [-0.25, -0.2) is 9.59 Å². The molecule has 1 heterocycles. The van der Waals surface area contributed by atoms with Crippen molar-refractivity contribution in [2.45, 2.75) is 27.3 Å². The lowest BCUT2D eigenvalue weighted by molar-refractivity contribution is -0.134. The molecule has 24 heavy (non-hydrogen) atoms. The van der Waals surface area contributed by atoms with E-state index in [1.807, 2.05) is 6.07 Å². The number of benzene rings is 1. The number of hydrogen-bond donors (Lipinski definition) is 3. The lowest BCUT2D eigenvalue weighted by Gasteiger charge is -2.15. The molecule has 1 aromatic carbocycles. The quantitative estimate of drug-likeness (QED) is 0.747. The first-order chi connectivity index (χ1) is 11.3. The van der Waals surface area contributed by atoms with Crippen LogP contribution < -0.4 is 5.73 Å². The number of carboxylic acid groups (broad SMARTS) is 2. The number of aromatic nitrogens is 1. The molecular formula is C18H22N2O4. The molecule has 0 saturated heterocycles. The molecule has 2 aromatic rings. The van der Waals surface area contributed by atoms with E-state index in [2.05, 4.69) is 49.7 Å². The van der Waals surface area contributed by atoms with Crippen LogP contribution in [0.5, 0.6) is 0 Å². The molecule has 0 unspecified atom stereocenters. The minimum atomic E-state index is -1.26. The van der Waals surface area contributed by atoms with Gasteiger partial charge in [0.2, 0.25) is 0 Å². The summed E-state index contributed by atoms with van der Waals surface area (Å²) in [6.07, 6.45) is 3.19.